The summed E-state index contributed by atoms with van der Waals surface area (Å²) in [5.74, 6) is 0. The van der Waals surface area contributed by atoms with Gasteiger partial charge in [0.25, 0.3) is 0 Å². The second-order valence-electron chi connectivity index (χ2n) is 4.99. The van der Waals surface area contributed by atoms with Gasteiger partial charge in [0.1, 0.15) is 0 Å². The SMILES string of the molecule is CCCC(CC)NC1CCCN(C)CC1. The first-order chi connectivity index (χ1) is 7.26. The van der Waals surface area contributed by atoms with Crippen molar-refractivity contribution in [2.45, 2.75) is 64.5 Å². The number of likely N-dealkylation sites (tertiary alicyclic amines) is 1. The van der Waals surface area contributed by atoms with Gasteiger partial charge in [-0.1, -0.05) is 20.3 Å². The molecule has 1 rings (SSSR count). The Balaban J connectivity index is 2.29. The van der Waals surface area contributed by atoms with E-state index in [1.165, 1.54) is 51.6 Å². The first kappa shape index (κ1) is 13.0. The van der Waals surface area contributed by atoms with Gasteiger partial charge in [-0.05, 0) is 52.2 Å². The van der Waals surface area contributed by atoms with Gasteiger partial charge >= 0.3 is 0 Å². The van der Waals surface area contributed by atoms with Crippen molar-refractivity contribution in [3.63, 3.8) is 0 Å². The molecular weight excluding hydrogens is 184 g/mol. The van der Waals surface area contributed by atoms with Crippen LogP contribution in [0.1, 0.15) is 52.4 Å². The molecule has 1 aliphatic rings. The highest BCUT2D eigenvalue weighted by Gasteiger charge is 2.16. The van der Waals surface area contributed by atoms with E-state index < -0.39 is 0 Å². The zero-order valence-electron chi connectivity index (χ0n) is 10.8. The van der Waals surface area contributed by atoms with Crippen LogP contribution in [0.3, 0.4) is 0 Å². The smallest absolute Gasteiger partial charge is 0.00822 e. The van der Waals surface area contributed by atoms with E-state index in [2.05, 4.69) is 31.1 Å². The first-order valence-electron chi connectivity index (χ1n) is 6.70. The minimum absolute atomic E-state index is 0.753. The average Bonchev–Trinajstić information content (AvgIpc) is 2.43. The van der Waals surface area contributed by atoms with Crippen molar-refractivity contribution in [3.8, 4) is 0 Å². The van der Waals surface area contributed by atoms with Crippen molar-refractivity contribution in [1.82, 2.24) is 10.2 Å². The summed E-state index contributed by atoms with van der Waals surface area (Å²) in [4.78, 5) is 2.46. The summed E-state index contributed by atoms with van der Waals surface area (Å²) in [6.07, 6.45) is 7.97. The highest BCUT2D eigenvalue weighted by atomic mass is 15.1. The molecule has 1 saturated heterocycles. The van der Waals surface area contributed by atoms with Crippen molar-refractivity contribution >= 4 is 0 Å². The minimum atomic E-state index is 0.753. The monoisotopic (exact) mass is 212 g/mol. The molecule has 0 aromatic rings. The van der Waals surface area contributed by atoms with Crippen LogP contribution in [0.5, 0.6) is 0 Å². The molecule has 1 aliphatic heterocycles. The number of hydrogen-bond donors (Lipinski definition) is 1. The molecule has 2 nitrogen and oxygen atoms in total. The Hall–Kier alpha value is -0.0800. The van der Waals surface area contributed by atoms with E-state index >= 15 is 0 Å². The van der Waals surface area contributed by atoms with Gasteiger partial charge in [0.15, 0.2) is 0 Å². The summed E-state index contributed by atoms with van der Waals surface area (Å²) in [5.41, 5.74) is 0. The maximum Gasteiger partial charge on any atom is 0.00822 e. The van der Waals surface area contributed by atoms with Crippen molar-refractivity contribution in [3.05, 3.63) is 0 Å². The molecule has 90 valence electrons. The van der Waals surface area contributed by atoms with E-state index in [-0.39, 0.29) is 0 Å². The van der Waals surface area contributed by atoms with E-state index in [1.54, 1.807) is 0 Å². The fourth-order valence-corrected chi connectivity index (χ4v) is 2.49. The molecule has 0 amide bonds. The van der Waals surface area contributed by atoms with Gasteiger partial charge in [0.05, 0.1) is 0 Å². The van der Waals surface area contributed by atoms with Crippen LogP contribution in [0.2, 0.25) is 0 Å². The van der Waals surface area contributed by atoms with Crippen molar-refractivity contribution < 1.29 is 0 Å². The number of rotatable bonds is 5. The molecule has 1 N–H and O–H groups in total. The van der Waals surface area contributed by atoms with Crippen molar-refractivity contribution in [2.24, 2.45) is 0 Å². The number of hydrogen-bond acceptors (Lipinski definition) is 2. The lowest BCUT2D eigenvalue weighted by molar-refractivity contribution is 0.333. The van der Waals surface area contributed by atoms with Gasteiger partial charge in [-0.25, -0.2) is 0 Å². The quantitative estimate of drug-likeness (QED) is 0.753. The number of nitrogens with one attached hydrogen (secondary N) is 1. The minimum Gasteiger partial charge on any atom is -0.311 e. The van der Waals surface area contributed by atoms with Crippen molar-refractivity contribution in [1.29, 1.82) is 0 Å². The molecule has 1 heterocycles. The van der Waals surface area contributed by atoms with Crippen LogP contribution in [0.15, 0.2) is 0 Å². The van der Waals surface area contributed by atoms with Crippen LogP contribution >= 0.6 is 0 Å². The topological polar surface area (TPSA) is 15.3 Å². The van der Waals surface area contributed by atoms with E-state index in [9.17, 15) is 0 Å². The molecule has 0 bridgehead atoms. The second kappa shape index (κ2) is 7.24. The van der Waals surface area contributed by atoms with Crippen LogP contribution in [-0.4, -0.2) is 37.1 Å². The summed E-state index contributed by atoms with van der Waals surface area (Å²) in [6.45, 7) is 7.13. The van der Waals surface area contributed by atoms with Crippen molar-refractivity contribution in [2.75, 3.05) is 20.1 Å². The summed E-state index contributed by atoms with van der Waals surface area (Å²) < 4.78 is 0. The standard InChI is InChI=1S/C13H28N2/c1-4-7-12(5-2)14-13-8-6-10-15(3)11-9-13/h12-14H,4-11H2,1-3H3. The maximum absolute atomic E-state index is 3.84. The molecule has 0 saturated carbocycles. The maximum atomic E-state index is 3.84. The normalized spacial score (nSPS) is 26.2. The zero-order valence-corrected chi connectivity index (χ0v) is 10.8. The predicted molar refractivity (Wildman–Crippen MR) is 67.3 cm³/mol. The van der Waals surface area contributed by atoms with Crippen LogP contribution in [0.25, 0.3) is 0 Å². The fourth-order valence-electron chi connectivity index (χ4n) is 2.49. The van der Waals surface area contributed by atoms with Gasteiger partial charge in [-0.3, -0.25) is 0 Å². The molecule has 0 aliphatic carbocycles. The summed E-state index contributed by atoms with van der Waals surface area (Å²) in [5, 5.41) is 3.84. The van der Waals surface area contributed by atoms with Gasteiger partial charge in [-0.15, -0.1) is 0 Å². The second-order valence-corrected chi connectivity index (χ2v) is 4.99. The van der Waals surface area contributed by atoms with E-state index in [0.717, 1.165) is 12.1 Å². The van der Waals surface area contributed by atoms with Crippen LogP contribution < -0.4 is 5.32 Å². The molecular formula is C13H28N2. The summed E-state index contributed by atoms with van der Waals surface area (Å²) in [6, 6.07) is 1.52. The Labute approximate surface area is 95.4 Å². The molecule has 1 fully saturated rings. The Bertz CT molecular complexity index is 159. The molecule has 0 aromatic carbocycles. The third-order valence-electron chi connectivity index (χ3n) is 3.55. The van der Waals surface area contributed by atoms with Gasteiger partial charge < -0.3 is 10.2 Å². The molecule has 0 aromatic heterocycles. The van der Waals surface area contributed by atoms with Gasteiger partial charge in [0.2, 0.25) is 0 Å². The zero-order chi connectivity index (χ0) is 11.1. The van der Waals surface area contributed by atoms with E-state index in [0.29, 0.717) is 0 Å². The Morgan fingerprint density at radius 1 is 1.27 bits per heavy atom. The third kappa shape index (κ3) is 4.98. The Morgan fingerprint density at radius 2 is 2.07 bits per heavy atom. The van der Waals surface area contributed by atoms with Crippen LogP contribution in [0.4, 0.5) is 0 Å². The highest BCUT2D eigenvalue weighted by molar-refractivity contribution is 4.77. The summed E-state index contributed by atoms with van der Waals surface area (Å²) in [7, 11) is 2.24. The first-order valence-corrected chi connectivity index (χ1v) is 6.70. The molecule has 15 heavy (non-hydrogen) atoms. The Morgan fingerprint density at radius 3 is 2.73 bits per heavy atom. The molecule has 0 radical (unpaired) electrons. The van der Waals surface area contributed by atoms with Crippen LogP contribution in [0, 0.1) is 0 Å². The van der Waals surface area contributed by atoms with Gasteiger partial charge in [-0.2, -0.15) is 0 Å². The lowest BCUT2D eigenvalue weighted by atomic mass is 10.0. The Kier molecular flexibility index (Phi) is 6.26. The lowest BCUT2D eigenvalue weighted by Crippen LogP contribution is -2.38. The highest BCUT2D eigenvalue weighted by Crippen LogP contribution is 2.12. The fraction of sp³-hybridized carbons (Fsp3) is 1.00. The van der Waals surface area contributed by atoms with Crippen LogP contribution in [-0.2, 0) is 0 Å². The average molecular weight is 212 g/mol. The largest absolute Gasteiger partial charge is 0.311 e. The van der Waals surface area contributed by atoms with Gasteiger partial charge in [0, 0.05) is 12.1 Å². The lowest BCUT2D eigenvalue weighted by Gasteiger charge is -2.23. The molecule has 2 atom stereocenters. The number of nitrogens with zero attached hydrogens (tertiary/aromatic N) is 1. The molecule has 2 heteroatoms. The van der Waals surface area contributed by atoms with E-state index in [4.69, 9.17) is 0 Å². The molecule has 0 spiro atoms. The molecule has 2 unspecified atom stereocenters. The third-order valence-corrected chi connectivity index (χ3v) is 3.55. The summed E-state index contributed by atoms with van der Waals surface area (Å²) >= 11 is 0. The predicted octanol–water partition coefficient (Wildman–Crippen LogP) is 2.64. The van der Waals surface area contributed by atoms with E-state index in [1.807, 2.05) is 0 Å².